The molecule has 0 radical (unpaired) electrons. The average Bonchev–Trinajstić information content (AvgIpc) is 3.07. The van der Waals surface area contributed by atoms with E-state index in [1.807, 2.05) is 51.1 Å². The van der Waals surface area contributed by atoms with Gasteiger partial charge >= 0.3 is 5.97 Å². The third-order valence-corrected chi connectivity index (χ3v) is 4.46. The van der Waals surface area contributed by atoms with Crippen molar-refractivity contribution in [2.24, 2.45) is 0 Å². The molecular formula is C20H24N2O3S. The standard InChI is InChI=1S/C20H24N2O3S/c1-5-25-19(24)16-14-26-17(21-16)13-22(20(2,3)4)18(23)12-11-15-9-7-6-8-10-15/h6-12,14H,5,13H2,1-4H3. The summed E-state index contributed by atoms with van der Waals surface area (Å²) in [6.45, 7) is 8.32. The van der Waals surface area contributed by atoms with Gasteiger partial charge in [-0.25, -0.2) is 9.78 Å². The van der Waals surface area contributed by atoms with Crippen molar-refractivity contribution in [1.29, 1.82) is 0 Å². The quantitative estimate of drug-likeness (QED) is 0.564. The van der Waals surface area contributed by atoms with E-state index in [-0.39, 0.29) is 17.1 Å². The Balaban J connectivity index is 2.14. The molecule has 138 valence electrons. The predicted molar refractivity (Wildman–Crippen MR) is 104 cm³/mol. The Morgan fingerprint density at radius 1 is 1.23 bits per heavy atom. The molecule has 26 heavy (non-hydrogen) atoms. The maximum absolute atomic E-state index is 12.7. The highest BCUT2D eigenvalue weighted by atomic mass is 32.1. The number of thiazole rings is 1. The summed E-state index contributed by atoms with van der Waals surface area (Å²) >= 11 is 1.35. The van der Waals surface area contributed by atoms with Crippen molar-refractivity contribution in [2.75, 3.05) is 6.61 Å². The smallest absolute Gasteiger partial charge is 0.357 e. The fourth-order valence-electron chi connectivity index (χ4n) is 2.28. The highest BCUT2D eigenvalue weighted by molar-refractivity contribution is 7.09. The average molecular weight is 372 g/mol. The minimum atomic E-state index is -0.437. The molecule has 0 spiro atoms. The molecule has 2 rings (SSSR count). The molecule has 2 aromatic rings. The summed E-state index contributed by atoms with van der Waals surface area (Å²) < 4.78 is 4.96. The van der Waals surface area contributed by atoms with E-state index in [2.05, 4.69) is 4.98 Å². The zero-order chi connectivity index (χ0) is 19.2. The second-order valence-corrected chi connectivity index (χ2v) is 7.63. The molecule has 0 aliphatic heterocycles. The maximum atomic E-state index is 12.7. The van der Waals surface area contributed by atoms with Gasteiger partial charge in [0.05, 0.1) is 13.2 Å². The van der Waals surface area contributed by atoms with Gasteiger partial charge in [-0.05, 0) is 39.3 Å². The van der Waals surface area contributed by atoms with E-state index in [1.165, 1.54) is 11.3 Å². The zero-order valence-corrected chi connectivity index (χ0v) is 16.4. The molecule has 0 atom stereocenters. The van der Waals surface area contributed by atoms with Crippen LogP contribution < -0.4 is 0 Å². The Kier molecular flexibility index (Phi) is 6.69. The van der Waals surface area contributed by atoms with E-state index >= 15 is 0 Å². The SMILES string of the molecule is CCOC(=O)c1csc(CN(C(=O)C=Cc2ccccc2)C(C)(C)C)n1. The highest BCUT2D eigenvalue weighted by Crippen LogP contribution is 2.21. The van der Waals surface area contributed by atoms with E-state index < -0.39 is 5.97 Å². The van der Waals surface area contributed by atoms with Crippen LogP contribution in [0.15, 0.2) is 41.8 Å². The first-order chi connectivity index (χ1) is 12.3. The molecule has 0 N–H and O–H groups in total. The van der Waals surface area contributed by atoms with Crippen molar-refractivity contribution < 1.29 is 14.3 Å². The summed E-state index contributed by atoms with van der Waals surface area (Å²) in [7, 11) is 0. The number of carbonyl (C=O) groups is 2. The second kappa shape index (κ2) is 8.76. The van der Waals surface area contributed by atoms with Gasteiger partial charge in [0.15, 0.2) is 5.69 Å². The summed E-state index contributed by atoms with van der Waals surface area (Å²) in [5, 5.41) is 2.36. The number of hydrogen-bond acceptors (Lipinski definition) is 5. The van der Waals surface area contributed by atoms with Crippen LogP contribution in [0.1, 0.15) is 48.8 Å². The lowest BCUT2D eigenvalue weighted by atomic mass is 10.1. The second-order valence-electron chi connectivity index (χ2n) is 6.69. The van der Waals surface area contributed by atoms with Crippen molar-refractivity contribution in [3.05, 3.63) is 58.1 Å². The van der Waals surface area contributed by atoms with E-state index in [9.17, 15) is 9.59 Å². The largest absolute Gasteiger partial charge is 0.461 e. The van der Waals surface area contributed by atoms with Gasteiger partial charge < -0.3 is 9.64 Å². The minimum Gasteiger partial charge on any atom is -0.461 e. The van der Waals surface area contributed by atoms with Crippen LogP contribution in [-0.4, -0.2) is 33.9 Å². The summed E-state index contributed by atoms with van der Waals surface area (Å²) in [4.78, 5) is 30.5. The van der Waals surface area contributed by atoms with E-state index in [1.54, 1.807) is 29.4 Å². The molecule has 5 nitrogen and oxygen atoms in total. The van der Waals surface area contributed by atoms with Crippen LogP contribution in [0, 0.1) is 0 Å². The van der Waals surface area contributed by atoms with Gasteiger partial charge in [-0.15, -0.1) is 11.3 Å². The van der Waals surface area contributed by atoms with Crippen molar-refractivity contribution >= 4 is 29.3 Å². The molecule has 0 aliphatic rings. The molecule has 0 saturated heterocycles. The van der Waals surface area contributed by atoms with Gasteiger partial charge in [-0.1, -0.05) is 30.3 Å². The van der Waals surface area contributed by atoms with Crippen LogP contribution in [0.2, 0.25) is 0 Å². The molecule has 0 aliphatic carbocycles. The fourth-order valence-corrected chi connectivity index (χ4v) is 3.04. The van der Waals surface area contributed by atoms with Crippen LogP contribution in [0.25, 0.3) is 6.08 Å². The van der Waals surface area contributed by atoms with Gasteiger partial charge in [0.1, 0.15) is 5.01 Å². The van der Waals surface area contributed by atoms with Crippen molar-refractivity contribution in [2.45, 2.75) is 39.8 Å². The number of nitrogens with zero attached hydrogens (tertiary/aromatic N) is 2. The molecule has 1 heterocycles. The number of amides is 1. The van der Waals surface area contributed by atoms with Crippen LogP contribution in [0.4, 0.5) is 0 Å². The maximum Gasteiger partial charge on any atom is 0.357 e. The predicted octanol–water partition coefficient (Wildman–Crippen LogP) is 4.16. The minimum absolute atomic E-state index is 0.103. The summed E-state index contributed by atoms with van der Waals surface area (Å²) in [6.07, 6.45) is 3.37. The molecule has 1 amide bonds. The lowest BCUT2D eigenvalue weighted by molar-refractivity contribution is -0.131. The fraction of sp³-hybridized carbons (Fsp3) is 0.350. The van der Waals surface area contributed by atoms with Crippen molar-refractivity contribution in [3.8, 4) is 0 Å². The Morgan fingerprint density at radius 3 is 2.54 bits per heavy atom. The van der Waals surface area contributed by atoms with E-state index in [0.29, 0.717) is 18.2 Å². The van der Waals surface area contributed by atoms with Gasteiger partial charge in [-0.2, -0.15) is 0 Å². The Hall–Kier alpha value is -2.47. The van der Waals surface area contributed by atoms with Crippen molar-refractivity contribution in [1.82, 2.24) is 9.88 Å². The van der Waals surface area contributed by atoms with Gasteiger partial charge in [0.25, 0.3) is 0 Å². The third-order valence-electron chi connectivity index (χ3n) is 3.62. The highest BCUT2D eigenvalue weighted by Gasteiger charge is 2.26. The first kappa shape index (κ1) is 19.8. The van der Waals surface area contributed by atoms with E-state index in [0.717, 1.165) is 5.56 Å². The first-order valence-electron chi connectivity index (χ1n) is 8.47. The Morgan fingerprint density at radius 2 is 1.92 bits per heavy atom. The van der Waals surface area contributed by atoms with Crippen molar-refractivity contribution in [3.63, 3.8) is 0 Å². The number of rotatable bonds is 6. The van der Waals surface area contributed by atoms with Crippen LogP contribution in [0.3, 0.4) is 0 Å². The monoisotopic (exact) mass is 372 g/mol. The number of benzene rings is 1. The molecule has 1 aromatic carbocycles. The summed E-state index contributed by atoms with van der Waals surface area (Å²) in [5.74, 6) is -0.540. The van der Waals surface area contributed by atoms with Gasteiger partial charge in [-0.3, -0.25) is 4.79 Å². The zero-order valence-electron chi connectivity index (χ0n) is 15.6. The van der Waals surface area contributed by atoms with Crippen LogP contribution in [0.5, 0.6) is 0 Å². The topological polar surface area (TPSA) is 59.5 Å². The molecular weight excluding hydrogens is 348 g/mol. The number of aromatic nitrogens is 1. The lowest BCUT2D eigenvalue weighted by Crippen LogP contribution is -2.44. The molecule has 1 aromatic heterocycles. The lowest BCUT2D eigenvalue weighted by Gasteiger charge is -2.34. The molecule has 0 unspecified atom stereocenters. The van der Waals surface area contributed by atoms with Gasteiger partial charge in [0, 0.05) is 17.0 Å². The first-order valence-corrected chi connectivity index (χ1v) is 9.35. The van der Waals surface area contributed by atoms with E-state index in [4.69, 9.17) is 4.74 Å². The number of ether oxygens (including phenoxy) is 1. The Bertz CT molecular complexity index is 776. The van der Waals surface area contributed by atoms with Crippen LogP contribution in [-0.2, 0) is 16.1 Å². The van der Waals surface area contributed by atoms with Gasteiger partial charge in [0.2, 0.25) is 5.91 Å². The summed E-state index contributed by atoms with van der Waals surface area (Å²) in [5.41, 5.74) is 0.870. The normalized spacial score (nSPS) is 11.5. The molecule has 6 heteroatoms. The third kappa shape index (κ3) is 5.52. The summed E-state index contributed by atoms with van der Waals surface area (Å²) in [6, 6.07) is 9.68. The number of carbonyl (C=O) groups excluding carboxylic acids is 2. The number of hydrogen-bond donors (Lipinski definition) is 0. The molecule has 0 bridgehead atoms. The number of esters is 1. The van der Waals surface area contributed by atoms with Crippen LogP contribution >= 0.6 is 11.3 Å². The molecule has 0 saturated carbocycles. The Labute approximate surface area is 158 Å². The molecule has 0 fully saturated rings.